The third-order valence-electron chi connectivity index (χ3n) is 3.91. The SMILES string of the molecule is CCCC(=O)OCc1ccc(C2CCCCC2)cc1. The maximum absolute atomic E-state index is 11.3. The van der Waals surface area contributed by atoms with Crippen molar-refractivity contribution in [3.05, 3.63) is 35.4 Å². The number of ether oxygens (including phenoxy) is 1. The van der Waals surface area contributed by atoms with E-state index in [9.17, 15) is 4.79 Å². The van der Waals surface area contributed by atoms with Crippen LogP contribution in [0.1, 0.15) is 68.9 Å². The second-order valence-corrected chi connectivity index (χ2v) is 5.49. The van der Waals surface area contributed by atoms with Crippen molar-refractivity contribution in [2.75, 3.05) is 0 Å². The lowest BCUT2D eigenvalue weighted by Gasteiger charge is -2.22. The molecule has 0 aromatic heterocycles. The zero-order chi connectivity index (χ0) is 13.5. The van der Waals surface area contributed by atoms with Crippen molar-refractivity contribution in [3.8, 4) is 0 Å². The summed E-state index contributed by atoms with van der Waals surface area (Å²) >= 11 is 0. The number of hydrogen-bond donors (Lipinski definition) is 0. The van der Waals surface area contributed by atoms with Crippen molar-refractivity contribution in [1.82, 2.24) is 0 Å². The van der Waals surface area contributed by atoms with Crippen molar-refractivity contribution in [3.63, 3.8) is 0 Å². The van der Waals surface area contributed by atoms with Gasteiger partial charge in [-0.05, 0) is 36.3 Å². The smallest absolute Gasteiger partial charge is 0.306 e. The first kappa shape index (κ1) is 14.1. The van der Waals surface area contributed by atoms with E-state index in [0.29, 0.717) is 13.0 Å². The Bertz CT molecular complexity index is 388. The molecule has 2 rings (SSSR count). The van der Waals surface area contributed by atoms with Crippen molar-refractivity contribution < 1.29 is 9.53 Å². The van der Waals surface area contributed by atoms with Crippen LogP contribution in [0.4, 0.5) is 0 Å². The summed E-state index contributed by atoms with van der Waals surface area (Å²) < 4.78 is 5.21. The van der Waals surface area contributed by atoms with Crippen LogP contribution in [0.15, 0.2) is 24.3 Å². The molecule has 1 aliphatic rings. The highest BCUT2D eigenvalue weighted by Crippen LogP contribution is 2.32. The second kappa shape index (κ2) is 7.32. The van der Waals surface area contributed by atoms with Gasteiger partial charge in [-0.25, -0.2) is 0 Å². The summed E-state index contributed by atoms with van der Waals surface area (Å²) in [6.45, 7) is 2.39. The molecule has 0 unspecified atom stereocenters. The molecule has 0 amide bonds. The number of rotatable bonds is 5. The number of carbonyl (C=O) groups excluding carboxylic acids is 1. The van der Waals surface area contributed by atoms with E-state index >= 15 is 0 Å². The number of benzene rings is 1. The maximum Gasteiger partial charge on any atom is 0.306 e. The molecular formula is C17H24O2. The van der Waals surface area contributed by atoms with E-state index in [4.69, 9.17) is 4.74 Å². The molecule has 19 heavy (non-hydrogen) atoms. The monoisotopic (exact) mass is 260 g/mol. The van der Waals surface area contributed by atoms with Crippen LogP contribution in [0.5, 0.6) is 0 Å². The van der Waals surface area contributed by atoms with Crippen molar-refractivity contribution in [1.29, 1.82) is 0 Å². The molecule has 104 valence electrons. The van der Waals surface area contributed by atoms with Crippen molar-refractivity contribution in [2.24, 2.45) is 0 Å². The molecular weight excluding hydrogens is 236 g/mol. The Morgan fingerprint density at radius 2 is 1.84 bits per heavy atom. The third-order valence-corrected chi connectivity index (χ3v) is 3.91. The van der Waals surface area contributed by atoms with E-state index in [-0.39, 0.29) is 5.97 Å². The molecule has 2 heteroatoms. The van der Waals surface area contributed by atoms with Crippen LogP contribution < -0.4 is 0 Å². The maximum atomic E-state index is 11.3. The zero-order valence-corrected chi connectivity index (χ0v) is 11.9. The van der Waals surface area contributed by atoms with Crippen molar-refractivity contribution >= 4 is 5.97 Å². The standard InChI is InChI=1S/C17H24O2/c1-2-6-17(18)19-13-14-9-11-16(12-10-14)15-7-4-3-5-8-15/h9-12,15H,2-8,13H2,1H3. The topological polar surface area (TPSA) is 26.3 Å². The van der Waals surface area contributed by atoms with Gasteiger partial charge in [0.2, 0.25) is 0 Å². The van der Waals surface area contributed by atoms with E-state index in [2.05, 4.69) is 24.3 Å². The van der Waals surface area contributed by atoms with Crippen LogP contribution in [-0.4, -0.2) is 5.97 Å². The minimum atomic E-state index is -0.0983. The first-order valence-electron chi connectivity index (χ1n) is 7.54. The van der Waals surface area contributed by atoms with Gasteiger partial charge in [-0.3, -0.25) is 4.79 Å². The van der Waals surface area contributed by atoms with Gasteiger partial charge in [0.05, 0.1) is 0 Å². The van der Waals surface area contributed by atoms with Crippen LogP contribution in [0.3, 0.4) is 0 Å². The van der Waals surface area contributed by atoms with Gasteiger partial charge in [0.1, 0.15) is 6.61 Å². The molecule has 0 N–H and O–H groups in total. The molecule has 0 aliphatic heterocycles. The van der Waals surface area contributed by atoms with Gasteiger partial charge < -0.3 is 4.74 Å². The summed E-state index contributed by atoms with van der Waals surface area (Å²) in [5.74, 6) is 0.643. The summed E-state index contributed by atoms with van der Waals surface area (Å²) in [4.78, 5) is 11.3. The zero-order valence-electron chi connectivity index (χ0n) is 11.9. The molecule has 2 nitrogen and oxygen atoms in total. The molecule has 0 heterocycles. The van der Waals surface area contributed by atoms with Gasteiger partial charge in [0.25, 0.3) is 0 Å². The minimum absolute atomic E-state index is 0.0983. The summed E-state index contributed by atoms with van der Waals surface area (Å²) in [6.07, 6.45) is 8.12. The Labute approximate surface area is 116 Å². The lowest BCUT2D eigenvalue weighted by molar-refractivity contribution is -0.144. The molecule has 1 saturated carbocycles. The predicted octanol–water partition coefficient (Wildman–Crippen LogP) is 4.58. The summed E-state index contributed by atoms with van der Waals surface area (Å²) in [5.41, 5.74) is 2.53. The molecule has 0 saturated heterocycles. The molecule has 1 fully saturated rings. The molecule has 0 spiro atoms. The van der Waals surface area contributed by atoms with Crippen molar-refractivity contribution in [2.45, 2.75) is 64.4 Å². The van der Waals surface area contributed by atoms with E-state index in [1.165, 1.54) is 37.7 Å². The first-order valence-corrected chi connectivity index (χ1v) is 7.54. The van der Waals surface area contributed by atoms with Crippen LogP contribution in [0.2, 0.25) is 0 Å². The normalized spacial score (nSPS) is 16.3. The highest BCUT2D eigenvalue weighted by Gasteiger charge is 2.15. The van der Waals surface area contributed by atoms with Gasteiger partial charge in [-0.1, -0.05) is 50.5 Å². The molecule has 1 aliphatic carbocycles. The summed E-state index contributed by atoms with van der Waals surface area (Å²) in [6, 6.07) is 8.62. The minimum Gasteiger partial charge on any atom is -0.461 e. The van der Waals surface area contributed by atoms with Crippen LogP contribution in [0, 0.1) is 0 Å². The fourth-order valence-electron chi connectivity index (χ4n) is 2.76. The Morgan fingerprint density at radius 3 is 2.47 bits per heavy atom. The Morgan fingerprint density at radius 1 is 1.16 bits per heavy atom. The van der Waals surface area contributed by atoms with Gasteiger partial charge in [-0.2, -0.15) is 0 Å². The number of carbonyl (C=O) groups is 1. The largest absolute Gasteiger partial charge is 0.461 e. The fraction of sp³-hybridized carbons (Fsp3) is 0.588. The highest BCUT2D eigenvalue weighted by atomic mass is 16.5. The Balaban J connectivity index is 1.85. The van der Waals surface area contributed by atoms with E-state index < -0.39 is 0 Å². The average molecular weight is 260 g/mol. The number of hydrogen-bond acceptors (Lipinski definition) is 2. The predicted molar refractivity (Wildman–Crippen MR) is 77.0 cm³/mol. The summed E-state index contributed by atoms with van der Waals surface area (Å²) in [7, 11) is 0. The van der Waals surface area contributed by atoms with Gasteiger partial charge >= 0.3 is 5.97 Å². The van der Waals surface area contributed by atoms with E-state index in [0.717, 1.165) is 17.9 Å². The van der Waals surface area contributed by atoms with Crippen LogP contribution in [-0.2, 0) is 16.1 Å². The van der Waals surface area contributed by atoms with Gasteiger partial charge in [0.15, 0.2) is 0 Å². The lowest BCUT2D eigenvalue weighted by Crippen LogP contribution is -2.05. The van der Waals surface area contributed by atoms with E-state index in [1.54, 1.807) is 0 Å². The molecule has 0 bridgehead atoms. The van der Waals surface area contributed by atoms with Crippen LogP contribution >= 0.6 is 0 Å². The molecule has 0 atom stereocenters. The number of esters is 1. The first-order chi connectivity index (χ1) is 9.29. The average Bonchev–Trinajstić information content (AvgIpc) is 2.47. The van der Waals surface area contributed by atoms with E-state index in [1.807, 2.05) is 6.92 Å². The molecule has 1 aromatic carbocycles. The van der Waals surface area contributed by atoms with Crippen LogP contribution in [0.25, 0.3) is 0 Å². The highest BCUT2D eigenvalue weighted by molar-refractivity contribution is 5.69. The van der Waals surface area contributed by atoms with Gasteiger partial charge in [0, 0.05) is 6.42 Å². The summed E-state index contributed by atoms with van der Waals surface area (Å²) in [5, 5.41) is 0. The Hall–Kier alpha value is -1.31. The quantitative estimate of drug-likeness (QED) is 0.724. The Kier molecular flexibility index (Phi) is 5.44. The lowest BCUT2D eigenvalue weighted by atomic mass is 9.84. The molecule has 0 radical (unpaired) electrons. The fourth-order valence-corrected chi connectivity index (χ4v) is 2.76. The van der Waals surface area contributed by atoms with Gasteiger partial charge in [-0.15, -0.1) is 0 Å². The second-order valence-electron chi connectivity index (χ2n) is 5.49. The molecule has 1 aromatic rings. The third kappa shape index (κ3) is 4.38.